The van der Waals surface area contributed by atoms with Gasteiger partial charge in [0, 0.05) is 6.54 Å². The summed E-state index contributed by atoms with van der Waals surface area (Å²) in [5, 5.41) is 2.56. The quantitative estimate of drug-likeness (QED) is 0.697. The van der Waals surface area contributed by atoms with Gasteiger partial charge in [0.2, 0.25) is 0 Å². The largest absolute Gasteiger partial charge is 0.329 e. The third-order valence-electron chi connectivity index (χ3n) is 3.61. The Balaban J connectivity index is 1.71. The van der Waals surface area contributed by atoms with Crippen molar-refractivity contribution in [3.8, 4) is 0 Å². The van der Waals surface area contributed by atoms with E-state index in [0.29, 0.717) is 18.5 Å². The van der Waals surface area contributed by atoms with Crippen LogP contribution in [-0.2, 0) is 11.2 Å². The van der Waals surface area contributed by atoms with Crippen LogP contribution in [0.3, 0.4) is 0 Å². The number of urea groups is 1. The van der Waals surface area contributed by atoms with Crippen molar-refractivity contribution in [2.24, 2.45) is 0 Å². The van der Waals surface area contributed by atoms with Crippen LogP contribution >= 0.6 is 0 Å². The highest BCUT2D eigenvalue weighted by atomic mass is 19.1. The maximum atomic E-state index is 12.9. The molecule has 0 bridgehead atoms. The first-order valence-electron chi connectivity index (χ1n) is 7.27. The molecule has 1 N–H and O–H groups in total. The number of imide groups is 1. The molecule has 4 nitrogen and oxygen atoms in total. The molecular formula is C18H15FN2O2. The first-order chi connectivity index (χ1) is 11.1. The molecule has 2 aromatic rings. The van der Waals surface area contributed by atoms with Gasteiger partial charge < -0.3 is 5.32 Å². The minimum absolute atomic E-state index is 0.203. The Kier molecular flexibility index (Phi) is 4.19. The van der Waals surface area contributed by atoms with Crippen molar-refractivity contribution in [1.82, 2.24) is 10.2 Å². The zero-order valence-electron chi connectivity index (χ0n) is 12.3. The van der Waals surface area contributed by atoms with Crippen molar-refractivity contribution in [2.75, 3.05) is 6.54 Å². The minimum Gasteiger partial charge on any atom is -0.303 e. The molecule has 3 amide bonds. The maximum absolute atomic E-state index is 12.9. The molecule has 0 saturated carbocycles. The van der Waals surface area contributed by atoms with Crippen molar-refractivity contribution in [3.05, 3.63) is 77.2 Å². The smallest absolute Gasteiger partial charge is 0.303 e. The molecule has 3 rings (SSSR count). The summed E-state index contributed by atoms with van der Waals surface area (Å²) >= 11 is 0. The molecule has 2 aromatic carbocycles. The van der Waals surface area contributed by atoms with Crippen LogP contribution in [0.15, 0.2) is 60.3 Å². The Hall–Kier alpha value is -2.95. The first kappa shape index (κ1) is 15.0. The van der Waals surface area contributed by atoms with E-state index in [0.717, 1.165) is 5.56 Å². The summed E-state index contributed by atoms with van der Waals surface area (Å²) in [5.41, 5.74) is 1.92. The maximum Gasteiger partial charge on any atom is 0.329 e. The Labute approximate surface area is 133 Å². The minimum atomic E-state index is -0.431. The Morgan fingerprint density at radius 1 is 1.00 bits per heavy atom. The summed E-state index contributed by atoms with van der Waals surface area (Å²) in [6.07, 6.45) is 2.14. The van der Waals surface area contributed by atoms with E-state index in [1.165, 1.54) is 17.0 Å². The number of nitrogens with one attached hydrogen (secondary N) is 1. The van der Waals surface area contributed by atoms with Crippen molar-refractivity contribution in [2.45, 2.75) is 6.42 Å². The van der Waals surface area contributed by atoms with Gasteiger partial charge in [-0.1, -0.05) is 42.5 Å². The molecule has 23 heavy (non-hydrogen) atoms. The summed E-state index contributed by atoms with van der Waals surface area (Å²) in [6, 6.07) is 14.9. The predicted octanol–water partition coefficient (Wildman–Crippen LogP) is 2.96. The van der Waals surface area contributed by atoms with E-state index in [4.69, 9.17) is 0 Å². The van der Waals surface area contributed by atoms with Crippen molar-refractivity contribution >= 4 is 18.0 Å². The molecule has 0 radical (unpaired) electrons. The van der Waals surface area contributed by atoms with Crippen LogP contribution in [0.4, 0.5) is 9.18 Å². The predicted molar refractivity (Wildman–Crippen MR) is 84.8 cm³/mol. The standard InChI is InChI=1S/C18H15FN2O2/c19-15-8-6-14(7-9-15)12-16-17(22)21(18(23)20-16)11-10-13-4-2-1-3-5-13/h1-9,12H,10-11H2,(H,20,23). The van der Waals surface area contributed by atoms with Crippen LogP contribution in [0.2, 0.25) is 0 Å². The van der Waals surface area contributed by atoms with Crippen molar-refractivity contribution < 1.29 is 14.0 Å². The average molecular weight is 310 g/mol. The topological polar surface area (TPSA) is 49.4 Å². The van der Waals surface area contributed by atoms with Crippen molar-refractivity contribution in [1.29, 1.82) is 0 Å². The number of rotatable bonds is 4. The first-order valence-corrected chi connectivity index (χ1v) is 7.27. The number of benzene rings is 2. The molecule has 0 atom stereocenters. The van der Waals surface area contributed by atoms with Gasteiger partial charge in [-0.3, -0.25) is 9.69 Å². The molecule has 1 aliphatic heterocycles. The van der Waals surface area contributed by atoms with Crippen LogP contribution in [-0.4, -0.2) is 23.4 Å². The highest BCUT2D eigenvalue weighted by Gasteiger charge is 2.32. The van der Waals surface area contributed by atoms with E-state index in [2.05, 4.69) is 5.32 Å². The van der Waals surface area contributed by atoms with E-state index in [1.807, 2.05) is 30.3 Å². The molecule has 5 heteroatoms. The fourth-order valence-corrected chi connectivity index (χ4v) is 2.39. The molecule has 1 fully saturated rings. The molecule has 0 spiro atoms. The molecule has 0 aromatic heterocycles. The van der Waals surface area contributed by atoms with Crippen molar-refractivity contribution in [3.63, 3.8) is 0 Å². The third-order valence-corrected chi connectivity index (χ3v) is 3.61. The fraction of sp³-hybridized carbons (Fsp3) is 0.111. The zero-order chi connectivity index (χ0) is 16.2. The Morgan fingerprint density at radius 2 is 1.70 bits per heavy atom. The van der Waals surface area contributed by atoms with Gasteiger partial charge in [-0.05, 0) is 35.8 Å². The molecule has 1 aliphatic rings. The average Bonchev–Trinajstić information content (AvgIpc) is 2.82. The van der Waals surface area contributed by atoms with E-state index >= 15 is 0 Å². The van der Waals surface area contributed by atoms with E-state index in [9.17, 15) is 14.0 Å². The molecule has 1 heterocycles. The lowest BCUT2D eigenvalue weighted by Crippen LogP contribution is -2.32. The number of amides is 3. The van der Waals surface area contributed by atoms with Crippen LogP contribution in [0.1, 0.15) is 11.1 Å². The Bertz CT molecular complexity index is 754. The SMILES string of the molecule is O=C1NC(=Cc2ccc(F)cc2)C(=O)N1CCc1ccccc1. The lowest BCUT2D eigenvalue weighted by molar-refractivity contribution is -0.122. The zero-order valence-corrected chi connectivity index (χ0v) is 12.3. The molecule has 116 valence electrons. The highest BCUT2D eigenvalue weighted by Crippen LogP contribution is 2.15. The van der Waals surface area contributed by atoms with Crippen LogP contribution in [0, 0.1) is 5.82 Å². The second-order valence-corrected chi connectivity index (χ2v) is 5.23. The van der Waals surface area contributed by atoms with E-state index in [1.54, 1.807) is 18.2 Å². The fourth-order valence-electron chi connectivity index (χ4n) is 2.39. The molecule has 0 aliphatic carbocycles. The number of hydrogen-bond donors (Lipinski definition) is 1. The van der Waals surface area contributed by atoms with Gasteiger partial charge in [-0.25, -0.2) is 9.18 Å². The lowest BCUT2D eigenvalue weighted by Gasteiger charge is -2.11. The van der Waals surface area contributed by atoms with Gasteiger partial charge in [-0.2, -0.15) is 0 Å². The number of hydrogen-bond acceptors (Lipinski definition) is 2. The summed E-state index contributed by atoms with van der Waals surface area (Å²) in [6.45, 7) is 0.315. The third kappa shape index (κ3) is 3.45. The number of carbonyl (C=O) groups is 2. The van der Waals surface area contributed by atoms with Crippen LogP contribution in [0.5, 0.6) is 0 Å². The second-order valence-electron chi connectivity index (χ2n) is 5.23. The number of carbonyl (C=O) groups excluding carboxylic acids is 2. The monoisotopic (exact) mass is 310 g/mol. The number of nitrogens with zero attached hydrogens (tertiary/aromatic N) is 1. The summed E-state index contributed by atoms with van der Waals surface area (Å²) in [7, 11) is 0. The Morgan fingerprint density at radius 3 is 2.39 bits per heavy atom. The van der Waals surface area contributed by atoms with Gasteiger partial charge in [0.1, 0.15) is 11.5 Å². The number of halogens is 1. The van der Waals surface area contributed by atoms with E-state index < -0.39 is 6.03 Å². The summed E-state index contributed by atoms with van der Waals surface area (Å²) < 4.78 is 12.9. The highest BCUT2D eigenvalue weighted by molar-refractivity contribution is 6.13. The summed E-state index contributed by atoms with van der Waals surface area (Å²) in [4.78, 5) is 25.4. The van der Waals surface area contributed by atoms with E-state index in [-0.39, 0.29) is 17.4 Å². The van der Waals surface area contributed by atoms with Gasteiger partial charge >= 0.3 is 6.03 Å². The second kappa shape index (κ2) is 6.44. The van der Waals surface area contributed by atoms with Crippen LogP contribution in [0.25, 0.3) is 6.08 Å². The van der Waals surface area contributed by atoms with Gasteiger partial charge in [0.05, 0.1) is 0 Å². The lowest BCUT2D eigenvalue weighted by atomic mass is 10.1. The molecule has 1 saturated heterocycles. The molecular weight excluding hydrogens is 295 g/mol. The normalized spacial score (nSPS) is 16.0. The van der Waals surface area contributed by atoms with Gasteiger partial charge in [0.25, 0.3) is 5.91 Å². The molecule has 0 unspecified atom stereocenters. The van der Waals surface area contributed by atoms with Crippen LogP contribution < -0.4 is 5.32 Å². The van der Waals surface area contributed by atoms with Gasteiger partial charge in [0.15, 0.2) is 0 Å². The summed E-state index contributed by atoms with van der Waals surface area (Å²) in [5.74, 6) is -0.714. The van der Waals surface area contributed by atoms with Gasteiger partial charge in [-0.15, -0.1) is 0 Å².